The zero-order chi connectivity index (χ0) is 21.7. The highest BCUT2D eigenvalue weighted by atomic mass is 19.4. The van der Waals surface area contributed by atoms with Crippen LogP contribution in [0.5, 0.6) is 11.5 Å². The number of aromatic hydroxyl groups is 2. The van der Waals surface area contributed by atoms with Gasteiger partial charge in [-0.1, -0.05) is 42.0 Å². The SMILES string of the molecule is [CH2]C1=CC=C(C(F)(F)F)C(c2cc(C)c(O)c(C)c2)(c2cc(C)c(O)c(C)c2)C1. The Bertz CT molecular complexity index is 939. The average molecular weight is 401 g/mol. The Morgan fingerprint density at radius 2 is 1.17 bits per heavy atom. The van der Waals surface area contributed by atoms with Crippen molar-refractivity contribution in [3.8, 4) is 11.5 Å². The molecule has 0 saturated heterocycles. The molecule has 0 saturated carbocycles. The van der Waals surface area contributed by atoms with E-state index < -0.39 is 17.2 Å². The lowest BCUT2D eigenvalue weighted by Crippen LogP contribution is -2.39. The van der Waals surface area contributed by atoms with E-state index in [2.05, 4.69) is 6.92 Å². The first-order chi connectivity index (χ1) is 13.4. The van der Waals surface area contributed by atoms with Crippen molar-refractivity contribution in [3.63, 3.8) is 0 Å². The number of phenols is 2. The summed E-state index contributed by atoms with van der Waals surface area (Å²) in [5.74, 6) is 0.140. The minimum atomic E-state index is -4.57. The molecule has 0 unspecified atom stereocenters. The Kier molecular flexibility index (Phi) is 5.06. The molecular formula is C24H24F3O2. The summed E-state index contributed by atoms with van der Waals surface area (Å²) in [6.45, 7) is 10.6. The van der Waals surface area contributed by atoms with E-state index in [0.717, 1.165) is 6.08 Å². The third kappa shape index (κ3) is 3.43. The predicted molar refractivity (Wildman–Crippen MR) is 108 cm³/mol. The van der Waals surface area contributed by atoms with E-state index in [9.17, 15) is 23.4 Å². The van der Waals surface area contributed by atoms with Gasteiger partial charge in [-0.25, -0.2) is 0 Å². The van der Waals surface area contributed by atoms with Crippen molar-refractivity contribution in [1.29, 1.82) is 0 Å². The molecule has 2 aromatic carbocycles. The van der Waals surface area contributed by atoms with Crippen LogP contribution in [0.15, 0.2) is 47.6 Å². The standard InChI is InChI=1S/C24H24F3O2/c1-13-6-7-20(24(25,26)27)23(12-13,18-8-14(2)21(28)15(3)9-18)19-10-16(4)22(29)17(5)11-19/h6-11,28-29H,1,12H2,2-5H3. The Labute approximate surface area is 169 Å². The molecule has 153 valence electrons. The van der Waals surface area contributed by atoms with E-state index in [4.69, 9.17) is 0 Å². The molecule has 0 heterocycles. The maximum absolute atomic E-state index is 14.3. The summed E-state index contributed by atoms with van der Waals surface area (Å²) in [7, 11) is 0. The van der Waals surface area contributed by atoms with Crippen LogP contribution >= 0.6 is 0 Å². The average Bonchev–Trinajstić information content (AvgIpc) is 2.62. The molecule has 0 spiro atoms. The van der Waals surface area contributed by atoms with Gasteiger partial charge < -0.3 is 10.2 Å². The van der Waals surface area contributed by atoms with Gasteiger partial charge in [0, 0.05) is 5.57 Å². The van der Waals surface area contributed by atoms with Crippen LogP contribution in [0.1, 0.15) is 39.8 Å². The summed E-state index contributed by atoms with van der Waals surface area (Å²) < 4.78 is 42.8. The van der Waals surface area contributed by atoms with E-state index >= 15 is 0 Å². The van der Waals surface area contributed by atoms with E-state index in [1.165, 1.54) is 6.08 Å². The summed E-state index contributed by atoms with van der Waals surface area (Å²) in [6.07, 6.45) is -2.02. The van der Waals surface area contributed by atoms with Crippen LogP contribution < -0.4 is 0 Å². The highest BCUT2D eigenvalue weighted by Gasteiger charge is 2.51. The van der Waals surface area contributed by atoms with Gasteiger partial charge in [-0.3, -0.25) is 0 Å². The summed E-state index contributed by atoms with van der Waals surface area (Å²) in [4.78, 5) is 0. The second kappa shape index (κ2) is 6.97. The smallest absolute Gasteiger partial charge is 0.413 e. The van der Waals surface area contributed by atoms with Crippen LogP contribution in [-0.4, -0.2) is 16.4 Å². The second-order valence-corrected chi connectivity index (χ2v) is 7.90. The van der Waals surface area contributed by atoms with Gasteiger partial charge in [0.15, 0.2) is 0 Å². The lowest BCUT2D eigenvalue weighted by molar-refractivity contribution is -0.0998. The summed E-state index contributed by atoms with van der Waals surface area (Å²) >= 11 is 0. The Morgan fingerprint density at radius 1 is 0.793 bits per heavy atom. The zero-order valence-electron chi connectivity index (χ0n) is 16.9. The molecule has 0 aromatic heterocycles. The number of hydrogen-bond acceptors (Lipinski definition) is 2. The van der Waals surface area contributed by atoms with Gasteiger partial charge in [0.25, 0.3) is 0 Å². The second-order valence-electron chi connectivity index (χ2n) is 7.90. The minimum absolute atomic E-state index is 0.0473. The lowest BCUT2D eigenvalue weighted by atomic mass is 9.62. The molecule has 2 aromatic rings. The van der Waals surface area contributed by atoms with Crippen molar-refractivity contribution in [2.45, 2.75) is 45.7 Å². The van der Waals surface area contributed by atoms with Crippen molar-refractivity contribution < 1.29 is 23.4 Å². The number of alkyl halides is 3. The molecule has 5 heteroatoms. The Hall–Kier alpha value is -2.69. The number of rotatable bonds is 2. The third-order valence-electron chi connectivity index (χ3n) is 5.71. The first-order valence-corrected chi connectivity index (χ1v) is 9.29. The number of aryl methyl sites for hydroxylation is 4. The fraction of sp³-hybridized carbons (Fsp3) is 0.292. The number of allylic oxidation sites excluding steroid dienone is 4. The predicted octanol–water partition coefficient (Wildman–Crippen LogP) is 6.27. The van der Waals surface area contributed by atoms with Gasteiger partial charge in [-0.2, -0.15) is 13.2 Å². The van der Waals surface area contributed by atoms with Crippen LogP contribution in [0.3, 0.4) is 0 Å². The van der Waals surface area contributed by atoms with Gasteiger partial charge in [0.05, 0.1) is 5.41 Å². The van der Waals surface area contributed by atoms with Gasteiger partial charge in [-0.05, 0) is 74.4 Å². The molecule has 0 fully saturated rings. The van der Waals surface area contributed by atoms with Crippen LogP contribution in [0.25, 0.3) is 0 Å². The van der Waals surface area contributed by atoms with E-state index in [-0.39, 0.29) is 17.9 Å². The first-order valence-electron chi connectivity index (χ1n) is 9.29. The van der Waals surface area contributed by atoms with E-state index in [0.29, 0.717) is 39.0 Å². The Morgan fingerprint density at radius 3 is 1.52 bits per heavy atom. The molecule has 1 aliphatic carbocycles. The normalized spacial score (nSPS) is 16.4. The number of phenolic OH excluding ortho intramolecular Hbond substituents is 2. The van der Waals surface area contributed by atoms with Gasteiger partial charge in [0.2, 0.25) is 0 Å². The molecule has 29 heavy (non-hydrogen) atoms. The topological polar surface area (TPSA) is 40.5 Å². The largest absolute Gasteiger partial charge is 0.507 e. The van der Waals surface area contributed by atoms with Crippen LogP contribution in [0, 0.1) is 34.6 Å². The van der Waals surface area contributed by atoms with Crippen molar-refractivity contribution in [2.24, 2.45) is 0 Å². The minimum Gasteiger partial charge on any atom is -0.507 e. The number of halogens is 3. The van der Waals surface area contributed by atoms with E-state index in [1.54, 1.807) is 52.0 Å². The molecule has 2 nitrogen and oxygen atoms in total. The van der Waals surface area contributed by atoms with Crippen LogP contribution in [0.4, 0.5) is 13.2 Å². The molecule has 2 N–H and O–H groups in total. The van der Waals surface area contributed by atoms with Crippen molar-refractivity contribution >= 4 is 0 Å². The van der Waals surface area contributed by atoms with E-state index in [1.807, 2.05) is 0 Å². The molecule has 0 atom stereocenters. The molecule has 0 amide bonds. The summed E-state index contributed by atoms with van der Waals surface area (Å²) in [5.41, 5.74) is 1.26. The first kappa shape index (κ1) is 21.0. The fourth-order valence-electron chi connectivity index (χ4n) is 4.26. The number of hydrogen-bond donors (Lipinski definition) is 2. The van der Waals surface area contributed by atoms with Crippen molar-refractivity contribution in [1.82, 2.24) is 0 Å². The highest BCUT2D eigenvalue weighted by Crippen LogP contribution is 2.53. The molecular weight excluding hydrogens is 377 g/mol. The molecule has 3 rings (SSSR count). The van der Waals surface area contributed by atoms with Gasteiger partial charge in [-0.15, -0.1) is 0 Å². The fourth-order valence-corrected chi connectivity index (χ4v) is 4.26. The lowest BCUT2D eigenvalue weighted by Gasteiger charge is -2.41. The molecule has 0 bridgehead atoms. The molecule has 1 radical (unpaired) electrons. The third-order valence-corrected chi connectivity index (χ3v) is 5.71. The van der Waals surface area contributed by atoms with Crippen molar-refractivity contribution in [2.75, 3.05) is 0 Å². The van der Waals surface area contributed by atoms with Crippen LogP contribution in [0.2, 0.25) is 0 Å². The molecule has 1 aliphatic rings. The van der Waals surface area contributed by atoms with Gasteiger partial charge in [0.1, 0.15) is 11.5 Å². The van der Waals surface area contributed by atoms with Crippen molar-refractivity contribution in [3.05, 3.63) is 87.9 Å². The molecule has 0 aliphatic heterocycles. The van der Waals surface area contributed by atoms with Gasteiger partial charge >= 0.3 is 6.18 Å². The maximum Gasteiger partial charge on any atom is 0.413 e. The summed E-state index contributed by atoms with van der Waals surface area (Å²) in [5, 5.41) is 20.4. The maximum atomic E-state index is 14.3. The summed E-state index contributed by atoms with van der Waals surface area (Å²) in [6, 6.07) is 6.44. The monoisotopic (exact) mass is 401 g/mol. The zero-order valence-corrected chi connectivity index (χ0v) is 16.9. The quantitative estimate of drug-likeness (QED) is 0.623. The van der Waals surface area contributed by atoms with Crippen LogP contribution in [-0.2, 0) is 5.41 Å². The Balaban J connectivity index is 2.46. The number of benzene rings is 2. The highest BCUT2D eigenvalue weighted by molar-refractivity contribution is 5.60.